The van der Waals surface area contributed by atoms with E-state index in [0.717, 1.165) is 5.56 Å². The summed E-state index contributed by atoms with van der Waals surface area (Å²) in [5, 5.41) is 19.1. The number of hydrogen-bond acceptors (Lipinski definition) is 6. The third kappa shape index (κ3) is 5.44. The molecule has 0 aromatic heterocycles. The minimum absolute atomic E-state index is 0.0888. The van der Waals surface area contributed by atoms with Gasteiger partial charge in [0.25, 0.3) is 11.6 Å². The molecule has 36 heavy (non-hydrogen) atoms. The van der Waals surface area contributed by atoms with Crippen LogP contribution in [0.5, 0.6) is 11.5 Å². The summed E-state index contributed by atoms with van der Waals surface area (Å²) < 4.78 is 11.4. The number of hydrogen-bond donors (Lipinski definition) is 3. The Hall–Kier alpha value is -4.86. The molecule has 184 valence electrons. The van der Waals surface area contributed by atoms with E-state index in [1.165, 1.54) is 31.4 Å². The summed E-state index contributed by atoms with van der Waals surface area (Å²) in [7, 11) is 1.53. The van der Waals surface area contributed by atoms with Crippen LogP contribution in [0.3, 0.4) is 0 Å². The summed E-state index contributed by atoms with van der Waals surface area (Å²) >= 11 is 0. The number of methoxy groups -OCH3 is 1. The quantitative estimate of drug-likeness (QED) is 0.317. The van der Waals surface area contributed by atoms with Crippen molar-refractivity contribution in [2.75, 3.05) is 12.4 Å². The fraction of sp³-hybridized carbons (Fsp3) is 0.154. The van der Waals surface area contributed by atoms with E-state index in [2.05, 4.69) is 16.0 Å². The molecule has 3 aromatic carbocycles. The van der Waals surface area contributed by atoms with Crippen molar-refractivity contribution in [1.29, 1.82) is 0 Å². The highest BCUT2D eigenvalue weighted by molar-refractivity contribution is 6.06. The van der Waals surface area contributed by atoms with Crippen molar-refractivity contribution in [1.82, 2.24) is 10.6 Å². The molecule has 1 atom stereocenters. The number of nitro benzene ring substituents is 1. The number of rotatable bonds is 8. The van der Waals surface area contributed by atoms with Crippen LogP contribution in [0.2, 0.25) is 0 Å². The van der Waals surface area contributed by atoms with Crippen molar-refractivity contribution in [3.05, 3.63) is 105 Å². The van der Waals surface area contributed by atoms with Gasteiger partial charge in [-0.15, -0.1) is 0 Å². The second kappa shape index (κ2) is 10.6. The Balaban J connectivity index is 1.61. The maximum absolute atomic E-state index is 13.3. The minimum atomic E-state index is -0.776. The molecule has 3 amide bonds. The molecule has 10 heteroatoms. The van der Waals surface area contributed by atoms with E-state index in [0.29, 0.717) is 35.1 Å². The maximum Gasteiger partial charge on any atom is 0.319 e. The van der Waals surface area contributed by atoms with Crippen molar-refractivity contribution in [2.24, 2.45) is 0 Å². The number of allylic oxidation sites excluding steroid dienone is 1. The van der Waals surface area contributed by atoms with Crippen LogP contribution in [0.15, 0.2) is 84.1 Å². The molecule has 0 saturated heterocycles. The number of non-ortho nitro benzene ring substituents is 1. The Bertz CT molecular complexity index is 1320. The standard InChI is InChI=1S/C26H24N4O6/c1-16-23(25(31)28-19-9-11-20(12-10-19)30(33)34)24(29-26(32)27-16)18-8-13-21(35-2)22(14-18)36-15-17-6-4-3-5-7-17/h3-14,24H,15H2,1-2H3,(H,28,31)(H2,27,29,32). The highest BCUT2D eigenvalue weighted by Gasteiger charge is 2.32. The highest BCUT2D eigenvalue weighted by atomic mass is 16.6. The third-order valence-corrected chi connectivity index (χ3v) is 5.61. The molecule has 3 N–H and O–H groups in total. The zero-order chi connectivity index (χ0) is 25.7. The van der Waals surface area contributed by atoms with Gasteiger partial charge in [0, 0.05) is 23.5 Å². The lowest BCUT2D eigenvalue weighted by Crippen LogP contribution is -2.46. The second-order valence-corrected chi connectivity index (χ2v) is 8.01. The van der Waals surface area contributed by atoms with Gasteiger partial charge in [-0.3, -0.25) is 14.9 Å². The van der Waals surface area contributed by atoms with Gasteiger partial charge in [-0.2, -0.15) is 0 Å². The number of carbonyl (C=O) groups is 2. The van der Waals surface area contributed by atoms with Gasteiger partial charge in [0.05, 0.1) is 23.6 Å². The minimum Gasteiger partial charge on any atom is -0.493 e. The average Bonchev–Trinajstić information content (AvgIpc) is 2.87. The predicted molar refractivity (Wildman–Crippen MR) is 133 cm³/mol. The van der Waals surface area contributed by atoms with E-state index in [4.69, 9.17) is 9.47 Å². The third-order valence-electron chi connectivity index (χ3n) is 5.61. The van der Waals surface area contributed by atoms with Crippen LogP contribution in [0.25, 0.3) is 0 Å². The van der Waals surface area contributed by atoms with Crippen LogP contribution >= 0.6 is 0 Å². The van der Waals surface area contributed by atoms with Gasteiger partial charge in [-0.05, 0) is 42.3 Å². The number of urea groups is 1. The first kappa shape index (κ1) is 24.3. The summed E-state index contributed by atoms with van der Waals surface area (Å²) in [4.78, 5) is 35.9. The summed E-state index contributed by atoms with van der Waals surface area (Å²) in [6.07, 6.45) is 0. The molecule has 0 bridgehead atoms. The molecule has 0 saturated carbocycles. The normalized spacial score (nSPS) is 14.9. The lowest BCUT2D eigenvalue weighted by atomic mass is 9.94. The van der Waals surface area contributed by atoms with Crippen LogP contribution in [-0.4, -0.2) is 24.0 Å². The zero-order valence-corrected chi connectivity index (χ0v) is 19.6. The summed E-state index contributed by atoms with van der Waals surface area (Å²) in [5.74, 6) is 0.494. The topological polar surface area (TPSA) is 132 Å². The van der Waals surface area contributed by atoms with E-state index in [-0.39, 0.29) is 11.3 Å². The fourth-order valence-corrected chi connectivity index (χ4v) is 3.83. The molecule has 1 heterocycles. The smallest absolute Gasteiger partial charge is 0.319 e. The van der Waals surface area contributed by atoms with Gasteiger partial charge in [0.2, 0.25) is 0 Å². The van der Waals surface area contributed by atoms with Crippen LogP contribution in [0.1, 0.15) is 24.1 Å². The number of anilines is 1. The Morgan fingerprint density at radius 2 is 1.78 bits per heavy atom. The zero-order valence-electron chi connectivity index (χ0n) is 19.6. The fourth-order valence-electron chi connectivity index (χ4n) is 3.83. The summed E-state index contributed by atoms with van der Waals surface area (Å²) in [5.41, 5.74) is 2.54. The van der Waals surface area contributed by atoms with Gasteiger partial charge in [0.1, 0.15) is 6.61 Å². The number of amides is 3. The Labute approximate surface area is 207 Å². The molecule has 1 aliphatic heterocycles. The van der Waals surface area contributed by atoms with Gasteiger partial charge in [-0.25, -0.2) is 4.79 Å². The SMILES string of the molecule is COc1ccc(C2NC(=O)NC(C)=C2C(=O)Nc2ccc([N+](=O)[O-])cc2)cc1OCc1ccccc1. The van der Waals surface area contributed by atoms with Crippen molar-refractivity contribution in [3.8, 4) is 11.5 Å². The molecule has 3 aromatic rings. The predicted octanol–water partition coefficient (Wildman–Crippen LogP) is 4.45. The van der Waals surface area contributed by atoms with Gasteiger partial charge >= 0.3 is 6.03 Å². The first-order valence-electron chi connectivity index (χ1n) is 11.0. The molecule has 4 rings (SSSR count). The molecule has 1 aliphatic rings. The largest absolute Gasteiger partial charge is 0.493 e. The van der Waals surface area contributed by atoms with E-state index in [1.807, 2.05) is 30.3 Å². The van der Waals surface area contributed by atoms with Crippen LogP contribution in [-0.2, 0) is 11.4 Å². The number of nitrogens with zero attached hydrogens (tertiary/aromatic N) is 1. The van der Waals surface area contributed by atoms with E-state index >= 15 is 0 Å². The Kier molecular flexibility index (Phi) is 7.15. The molecule has 0 aliphatic carbocycles. The lowest BCUT2D eigenvalue weighted by Gasteiger charge is -2.29. The second-order valence-electron chi connectivity index (χ2n) is 8.01. The monoisotopic (exact) mass is 488 g/mol. The lowest BCUT2D eigenvalue weighted by molar-refractivity contribution is -0.384. The maximum atomic E-state index is 13.3. The number of nitrogens with one attached hydrogen (secondary N) is 3. The first-order chi connectivity index (χ1) is 17.4. The average molecular weight is 489 g/mol. The summed E-state index contributed by atoms with van der Waals surface area (Å²) in [6.45, 7) is 1.94. The molecular formula is C26H24N4O6. The first-order valence-corrected chi connectivity index (χ1v) is 11.0. The van der Waals surface area contributed by atoms with Crippen LogP contribution in [0.4, 0.5) is 16.2 Å². The highest BCUT2D eigenvalue weighted by Crippen LogP contribution is 2.35. The molecule has 10 nitrogen and oxygen atoms in total. The van der Waals surface area contributed by atoms with E-state index in [9.17, 15) is 19.7 Å². The molecule has 0 fully saturated rings. The number of ether oxygens (including phenoxy) is 2. The molecule has 1 unspecified atom stereocenters. The molecule has 0 spiro atoms. The molecular weight excluding hydrogens is 464 g/mol. The Morgan fingerprint density at radius 1 is 1.06 bits per heavy atom. The number of nitro groups is 1. The van der Waals surface area contributed by atoms with Crippen molar-refractivity contribution in [3.63, 3.8) is 0 Å². The van der Waals surface area contributed by atoms with Gasteiger partial charge in [-0.1, -0.05) is 36.4 Å². The van der Waals surface area contributed by atoms with Crippen molar-refractivity contribution in [2.45, 2.75) is 19.6 Å². The van der Waals surface area contributed by atoms with Gasteiger partial charge < -0.3 is 25.4 Å². The van der Waals surface area contributed by atoms with E-state index in [1.54, 1.807) is 25.1 Å². The van der Waals surface area contributed by atoms with Gasteiger partial charge in [0.15, 0.2) is 11.5 Å². The van der Waals surface area contributed by atoms with Crippen LogP contribution in [0, 0.1) is 10.1 Å². The van der Waals surface area contributed by atoms with Crippen molar-refractivity contribution < 1.29 is 24.0 Å². The summed E-state index contributed by atoms with van der Waals surface area (Å²) in [6, 6.07) is 19.1. The van der Waals surface area contributed by atoms with Crippen molar-refractivity contribution >= 4 is 23.3 Å². The Morgan fingerprint density at radius 3 is 2.44 bits per heavy atom. The number of carbonyl (C=O) groups excluding carboxylic acids is 2. The molecule has 0 radical (unpaired) electrons. The van der Waals surface area contributed by atoms with Crippen LogP contribution < -0.4 is 25.4 Å². The van der Waals surface area contributed by atoms with E-state index < -0.39 is 22.9 Å². The number of benzene rings is 3.